The first-order valence-corrected chi connectivity index (χ1v) is 9.35. The molecule has 2 N–H and O–H groups in total. The molecule has 0 aliphatic carbocycles. The molecule has 0 spiro atoms. The van der Waals surface area contributed by atoms with E-state index in [0.29, 0.717) is 0 Å². The van der Waals surface area contributed by atoms with Gasteiger partial charge in [-0.05, 0) is 36.4 Å². The summed E-state index contributed by atoms with van der Waals surface area (Å²) in [6.45, 7) is -0.708. The van der Waals surface area contributed by atoms with Gasteiger partial charge in [0.2, 0.25) is 0 Å². The van der Waals surface area contributed by atoms with Crippen LogP contribution in [0, 0.1) is 11.6 Å². The molecule has 0 saturated heterocycles. The van der Waals surface area contributed by atoms with Gasteiger partial charge >= 0.3 is 5.97 Å². The van der Waals surface area contributed by atoms with Crippen molar-refractivity contribution in [2.75, 3.05) is 31.5 Å². The Bertz CT molecular complexity index is 1180. The molecule has 0 bridgehead atoms. The number of esters is 1. The second-order valence-corrected chi connectivity index (χ2v) is 6.44. The Hall–Kier alpha value is -4.41. The van der Waals surface area contributed by atoms with Gasteiger partial charge in [0.15, 0.2) is 35.5 Å². The van der Waals surface area contributed by atoms with Crippen molar-refractivity contribution in [3.05, 3.63) is 71.7 Å². The highest BCUT2D eigenvalue weighted by molar-refractivity contribution is 6.04. The van der Waals surface area contributed by atoms with Gasteiger partial charge < -0.3 is 29.3 Å². The molecule has 2 amide bonds. The average Bonchev–Trinajstić information content (AvgIpc) is 3.34. The summed E-state index contributed by atoms with van der Waals surface area (Å²) >= 11 is 0. The predicted molar refractivity (Wildman–Crippen MR) is 111 cm³/mol. The second-order valence-electron chi connectivity index (χ2n) is 6.44. The number of furan rings is 1. The minimum Gasteiger partial charge on any atom is -0.493 e. The molecule has 3 aromatic rings. The topological polar surface area (TPSA) is 116 Å². The summed E-state index contributed by atoms with van der Waals surface area (Å²) in [5, 5.41) is 4.83. The Morgan fingerprint density at radius 1 is 0.970 bits per heavy atom. The SMILES string of the molecule is COc1cc(C(=O)OCC(=O)Nc2ccc(F)c(F)c2)cc(NC(=O)c2ccco2)c1OC. The smallest absolute Gasteiger partial charge is 0.338 e. The Kier molecular flexibility index (Phi) is 7.24. The second kappa shape index (κ2) is 10.3. The number of hydrogen-bond donors (Lipinski definition) is 2. The zero-order valence-corrected chi connectivity index (χ0v) is 17.4. The standard InChI is InChI=1S/C22H18F2N2O7/c1-30-18-9-12(8-16(20(18)31-2)26-21(28)17-4-3-7-32-17)22(29)33-11-19(27)25-13-5-6-14(23)15(24)10-13/h3-10H,11H2,1-2H3,(H,25,27)(H,26,28). The number of anilines is 2. The lowest BCUT2D eigenvalue weighted by Crippen LogP contribution is -2.21. The van der Waals surface area contributed by atoms with Crippen LogP contribution in [-0.4, -0.2) is 38.6 Å². The zero-order chi connectivity index (χ0) is 24.0. The van der Waals surface area contributed by atoms with E-state index in [-0.39, 0.29) is 34.2 Å². The van der Waals surface area contributed by atoms with E-state index in [1.54, 1.807) is 0 Å². The van der Waals surface area contributed by atoms with E-state index in [4.69, 9.17) is 18.6 Å². The highest BCUT2D eigenvalue weighted by Crippen LogP contribution is 2.37. The fraction of sp³-hybridized carbons (Fsp3) is 0.136. The maximum absolute atomic E-state index is 13.2. The van der Waals surface area contributed by atoms with E-state index < -0.39 is 36.0 Å². The van der Waals surface area contributed by atoms with E-state index in [1.807, 2.05) is 0 Å². The van der Waals surface area contributed by atoms with Crippen LogP contribution in [0.1, 0.15) is 20.9 Å². The number of ether oxygens (including phenoxy) is 3. The molecule has 11 heteroatoms. The van der Waals surface area contributed by atoms with Crippen molar-refractivity contribution in [2.45, 2.75) is 0 Å². The molecular formula is C22H18F2N2O7. The molecule has 3 rings (SSSR count). The largest absolute Gasteiger partial charge is 0.493 e. The van der Waals surface area contributed by atoms with Crippen LogP contribution in [0.25, 0.3) is 0 Å². The molecule has 0 radical (unpaired) electrons. The minimum absolute atomic E-state index is 0.0102. The minimum atomic E-state index is -1.14. The number of hydrogen-bond acceptors (Lipinski definition) is 7. The van der Waals surface area contributed by atoms with Crippen molar-refractivity contribution < 1.29 is 41.8 Å². The third-order valence-electron chi connectivity index (χ3n) is 4.25. The Morgan fingerprint density at radius 2 is 1.76 bits per heavy atom. The molecule has 1 heterocycles. The van der Waals surface area contributed by atoms with Crippen molar-refractivity contribution in [2.24, 2.45) is 0 Å². The number of carbonyl (C=O) groups is 3. The van der Waals surface area contributed by atoms with Gasteiger partial charge in [0.05, 0.1) is 31.7 Å². The maximum Gasteiger partial charge on any atom is 0.338 e. The molecule has 0 aliphatic heterocycles. The van der Waals surface area contributed by atoms with Crippen molar-refractivity contribution in [1.82, 2.24) is 0 Å². The van der Waals surface area contributed by atoms with E-state index >= 15 is 0 Å². The first-order valence-electron chi connectivity index (χ1n) is 9.35. The molecule has 0 unspecified atom stereocenters. The van der Waals surface area contributed by atoms with E-state index in [2.05, 4.69) is 10.6 Å². The third kappa shape index (κ3) is 5.64. The normalized spacial score (nSPS) is 10.3. The lowest BCUT2D eigenvalue weighted by Gasteiger charge is -2.15. The van der Waals surface area contributed by atoms with Crippen LogP contribution in [0.5, 0.6) is 11.5 Å². The molecule has 9 nitrogen and oxygen atoms in total. The van der Waals surface area contributed by atoms with Crippen molar-refractivity contribution >= 4 is 29.2 Å². The van der Waals surface area contributed by atoms with Crippen molar-refractivity contribution in [3.8, 4) is 11.5 Å². The van der Waals surface area contributed by atoms with E-state index in [1.165, 1.54) is 44.7 Å². The molecule has 0 fully saturated rings. The highest BCUT2D eigenvalue weighted by Gasteiger charge is 2.21. The molecule has 33 heavy (non-hydrogen) atoms. The van der Waals surface area contributed by atoms with Gasteiger partial charge in [-0.3, -0.25) is 9.59 Å². The molecule has 172 valence electrons. The van der Waals surface area contributed by atoms with Gasteiger partial charge in [-0.1, -0.05) is 0 Å². The number of nitrogens with one attached hydrogen (secondary N) is 2. The lowest BCUT2D eigenvalue weighted by molar-refractivity contribution is -0.119. The Balaban J connectivity index is 1.72. The van der Waals surface area contributed by atoms with Crippen LogP contribution < -0.4 is 20.1 Å². The number of halogens is 2. The van der Waals surface area contributed by atoms with Crippen LogP contribution >= 0.6 is 0 Å². The predicted octanol–water partition coefficient (Wildman–Crippen LogP) is 3.62. The molecule has 2 aromatic carbocycles. The van der Waals surface area contributed by atoms with Crippen LogP contribution in [0.4, 0.5) is 20.2 Å². The number of benzene rings is 2. The molecule has 1 aromatic heterocycles. The summed E-state index contributed by atoms with van der Waals surface area (Å²) in [6, 6.07) is 8.35. The number of amides is 2. The van der Waals surface area contributed by atoms with E-state index in [0.717, 1.165) is 18.2 Å². The monoisotopic (exact) mass is 460 g/mol. The van der Waals surface area contributed by atoms with Crippen molar-refractivity contribution in [3.63, 3.8) is 0 Å². The third-order valence-corrected chi connectivity index (χ3v) is 4.25. The Morgan fingerprint density at radius 3 is 2.39 bits per heavy atom. The summed E-state index contributed by atoms with van der Waals surface area (Å²) in [5.41, 5.74) is 0.0310. The van der Waals surface area contributed by atoms with E-state index in [9.17, 15) is 23.2 Å². The van der Waals surface area contributed by atoms with Gasteiger partial charge in [-0.25, -0.2) is 13.6 Å². The summed E-state index contributed by atoms with van der Waals surface area (Å²) in [4.78, 5) is 36.8. The highest BCUT2D eigenvalue weighted by atomic mass is 19.2. The van der Waals surface area contributed by atoms with Crippen molar-refractivity contribution in [1.29, 1.82) is 0 Å². The van der Waals surface area contributed by atoms with Crippen LogP contribution in [0.2, 0.25) is 0 Å². The fourth-order valence-corrected chi connectivity index (χ4v) is 2.75. The summed E-state index contributed by atoms with van der Waals surface area (Å²) < 4.78 is 46.7. The van der Waals surface area contributed by atoms with Gasteiger partial charge in [-0.2, -0.15) is 0 Å². The molecule has 0 aliphatic rings. The number of rotatable bonds is 8. The molecular weight excluding hydrogens is 442 g/mol. The van der Waals surface area contributed by atoms with Crippen LogP contribution in [0.3, 0.4) is 0 Å². The Labute approximate surface area is 186 Å². The lowest BCUT2D eigenvalue weighted by atomic mass is 10.1. The maximum atomic E-state index is 13.2. The number of methoxy groups -OCH3 is 2. The quantitative estimate of drug-likeness (QED) is 0.493. The average molecular weight is 460 g/mol. The summed E-state index contributed by atoms with van der Waals surface area (Å²) in [7, 11) is 2.68. The van der Waals surface area contributed by atoms with Crippen LogP contribution in [0.15, 0.2) is 53.1 Å². The number of carbonyl (C=O) groups excluding carboxylic acids is 3. The van der Waals surface area contributed by atoms with Gasteiger partial charge in [0.25, 0.3) is 11.8 Å². The summed E-state index contributed by atoms with van der Waals surface area (Å²) in [6.07, 6.45) is 1.33. The molecule has 0 saturated carbocycles. The fourth-order valence-electron chi connectivity index (χ4n) is 2.75. The molecule has 0 atom stereocenters. The van der Waals surface area contributed by atoms with Gasteiger partial charge in [0.1, 0.15) is 0 Å². The van der Waals surface area contributed by atoms with Gasteiger partial charge in [0, 0.05) is 11.8 Å². The van der Waals surface area contributed by atoms with Crippen LogP contribution in [-0.2, 0) is 9.53 Å². The zero-order valence-electron chi connectivity index (χ0n) is 17.4. The first-order chi connectivity index (χ1) is 15.8. The summed E-state index contributed by atoms with van der Waals surface area (Å²) in [5.74, 6) is -4.21. The first kappa shape index (κ1) is 23.3. The van der Waals surface area contributed by atoms with Gasteiger partial charge in [-0.15, -0.1) is 0 Å².